The van der Waals surface area contributed by atoms with E-state index in [9.17, 15) is 0 Å². The van der Waals surface area contributed by atoms with E-state index >= 15 is 0 Å². The number of carbonyl (C=O) groups is 1. The third kappa shape index (κ3) is 2.76. The fraction of sp³-hybridized carbons (Fsp3) is 0.700. The highest BCUT2D eigenvalue weighted by molar-refractivity contribution is 5.53. The summed E-state index contributed by atoms with van der Waals surface area (Å²) in [5, 5.41) is 13.9. The summed E-state index contributed by atoms with van der Waals surface area (Å²) in [6.45, 7) is 3.86. The summed E-state index contributed by atoms with van der Waals surface area (Å²) in [5.74, 6) is 3.01. The molecule has 2 aliphatic carbocycles. The minimum atomic E-state index is -1.83. The molecule has 0 spiro atoms. The lowest BCUT2D eigenvalue weighted by molar-refractivity contribution is 0.137. The van der Waals surface area contributed by atoms with Gasteiger partial charge in [-0.25, -0.2) is 4.79 Å². The second-order valence-electron chi connectivity index (χ2n) is 3.86. The molecule has 0 amide bonds. The number of rotatable bonds is 1. The Bertz CT molecular complexity index is 196. The van der Waals surface area contributed by atoms with Crippen molar-refractivity contribution in [1.82, 2.24) is 0 Å². The van der Waals surface area contributed by atoms with E-state index in [2.05, 4.69) is 12.7 Å². The Balaban J connectivity index is 0.000000184. The second-order valence-corrected chi connectivity index (χ2v) is 3.86. The summed E-state index contributed by atoms with van der Waals surface area (Å²) in [5.41, 5.74) is 0. The molecule has 2 bridgehead atoms. The van der Waals surface area contributed by atoms with Gasteiger partial charge in [-0.1, -0.05) is 12.5 Å². The Hall–Kier alpha value is -0.990. The van der Waals surface area contributed by atoms with Gasteiger partial charge in [0.15, 0.2) is 0 Å². The Labute approximate surface area is 78.1 Å². The molecule has 2 fully saturated rings. The summed E-state index contributed by atoms with van der Waals surface area (Å²) >= 11 is 0. The van der Waals surface area contributed by atoms with Crippen molar-refractivity contribution in [3.63, 3.8) is 0 Å². The maximum atomic E-state index is 8.56. The molecule has 74 valence electrons. The molecular formula is C10H16O3. The van der Waals surface area contributed by atoms with Crippen LogP contribution in [0.2, 0.25) is 0 Å². The van der Waals surface area contributed by atoms with Gasteiger partial charge in [0, 0.05) is 0 Å². The van der Waals surface area contributed by atoms with Crippen LogP contribution in [0.3, 0.4) is 0 Å². The standard InChI is InChI=1S/C9H14.CH2O3/c1-2-8-5-7-3-4-9(8)6-7;2-1(3)4/h2,7-9H,1,3-6H2;(H2,2,3,4). The van der Waals surface area contributed by atoms with Gasteiger partial charge >= 0.3 is 6.16 Å². The Kier molecular flexibility index (Phi) is 3.34. The molecule has 0 aromatic carbocycles. The first-order chi connectivity index (χ1) is 6.13. The predicted molar refractivity (Wildman–Crippen MR) is 49.8 cm³/mol. The zero-order valence-corrected chi connectivity index (χ0v) is 7.65. The Morgan fingerprint density at radius 2 is 1.92 bits per heavy atom. The van der Waals surface area contributed by atoms with Crippen LogP contribution in [0.5, 0.6) is 0 Å². The average Bonchev–Trinajstić information content (AvgIpc) is 2.62. The predicted octanol–water partition coefficient (Wildman–Crippen LogP) is 2.83. The lowest BCUT2D eigenvalue weighted by atomic mass is 9.89. The first-order valence-corrected chi connectivity index (χ1v) is 4.68. The van der Waals surface area contributed by atoms with Crippen LogP contribution in [-0.4, -0.2) is 16.4 Å². The molecule has 3 heteroatoms. The summed E-state index contributed by atoms with van der Waals surface area (Å²) in [7, 11) is 0. The van der Waals surface area contributed by atoms with E-state index in [-0.39, 0.29) is 0 Å². The van der Waals surface area contributed by atoms with Gasteiger partial charge < -0.3 is 10.2 Å². The highest BCUT2D eigenvalue weighted by Gasteiger charge is 2.37. The van der Waals surface area contributed by atoms with Gasteiger partial charge in [-0.05, 0) is 37.0 Å². The fourth-order valence-corrected chi connectivity index (χ4v) is 2.58. The molecule has 2 aliphatic rings. The highest BCUT2D eigenvalue weighted by Crippen LogP contribution is 2.48. The Morgan fingerprint density at radius 3 is 2.15 bits per heavy atom. The molecule has 0 heterocycles. The SMILES string of the molecule is C=CC1CC2CCC1C2.O=C(O)O. The minimum absolute atomic E-state index is 0.892. The van der Waals surface area contributed by atoms with Crippen LogP contribution in [0.25, 0.3) is 0 Å². The molecule has 2 N–H and O–H groups in total. The first kappa shape index (κ1) is 10.1. The molecule has 0 aromatic rings. The van der Waals surface area contributed by atoms with Gasteiger partial charge in [0.1, 0.15) is 0 Å². The molecule has 2 saturated carbocycles. The second kappa shape index (κ2) is 4.30. The third-order valence-electron chi connectivity index (χ3n) is 3.10. The smallest absolute Gasteiger partial charge is 0.450 e. The average molecular weight is 184 g/mol. The summed E-state index contributed by atoms with van der Waals surface area (Å²) in [4.78, 5) is 8.56. The summed E-state index contributed by atoms with van der Waals surface area (Å²) < 4.78 is 0. The molecule has 2 rings (SSSR count). The maximum absolute atomic E-state index is 8.56. The molecule has 3 nitrogen and oxygen atoms in total. The number of hydrogen-bond acceptors (Lipinski definition) is 1. The Morgan fingerprint density at radius 1 is 1.31 bits per heavy atom. The fourth-order valence-electron chi connectivity index (χ4n) is 2.58. The van der Waals surface area contributed by atoms with E-state index in [0.717, 1.165) is 17.8 Å². The van der Waals surface area contributed by atoms with Crippen molar-refractivity contribution in [2.45, 2.75) is 25.7 Å². The van der Waals surface area contributed by atoms with E-state index in [1.165, 1.54) is 25.7 Å². The molecule has 3 atom stereocenters. The van der Waals surface area contributed by atoms with Crippen molar-refractivity contribution in [3.8, 4) is 0 Å². The normalized spacial score (nSPS) is 34.9. The maximum Gasteiger partial charge on any atom is 0.503 e. The van der Waals surface area contributed by atoms with Gasteiger partial charge in [0.25, 0.3) is 0 Å². The summed E-state index contributed by atoms with van der Waals surface area (Å²) in [6.07, 6.45) is 6.30. The number of fused-ring (bicyclic) bond motifs is 2. The van der Waals surface area contributed by atoms with E-state index in [1.54, 1.807) is 0 Å². The highest BCUT2D eigenvalue weighted by atomic mass is 16.6. The third-order valence-corrected chi connectivity index (χ3v) is 3.10. The topological polar surface area (TPSA) is 57.5 Å². The molecule has 0 aromatic heterocycles. The lowest BCUT2D eigenvalue weighted by Gasteiger charge is -2.16. The number of allylic oxidation sites excluding steroid dienone is 1. The van der Waals surface area contributed by atoms with Crippen LogP contribution >= 0.6 is 0 Å². The number of carboxylic acid groups (broad SMARTS) is 2. The van der Waals surface area contributed by atoms with Crippen molar-refractivity contribution < 1.29 is 15.0 Å². The van der Waals surface area contributed by atoms with E-state index in [4.69, 9.17) is 15.0 Å². The molecule has 0 radical (unpaired) electrons. The van der Waals surface area contributed by atoms with E-state index in [0.29, 0.717) is 0 Å². The van der Waals surface area contributed by atoms with E-state index in [1.807, 2.05) is 0 Å². The molecule has 0 aliphatic heterocycles. The quantitative estimate of drug-likeness (QED) is 0.616. The van der Waals surface area contributed by atoms with Crippen LogP contribution in [0.4, 0.5) is 4.79 Å². The van der Waals surface area contributed by atoms with Gasteiger partial charge in [-0.2, -0.15) is 0 Å². The molecule has 13 heavy (non-hydrogen) atoms. The van der Waals surface area contributed by atoms with Gasteiger partial charge in [0.2, 0.25) is 0 Å². The van der Waals surface area contributed by atoms with Crippen LogP contribution in [0.15, 0.2) is 12.7 Å². The molecular weight excluding hydrogens is 168 g/mol. The number of hydrogen-bond donors (Lipinski definition) is 2. The van der Waals surface area contributed by atoms with Crippen molar-refractivity contribution in [3.05, 3.63) is 12.7 Å². The van der Waals surface area contributed by atoms with Gasteiger partial charge in [0.05, 0.1) is 0 Å². The van der Waals surface area contributed by atoms with Crippen LogP contribution in [0, 0.1) is 17.8 Å². The van der Waals surface area contributed by atoms with Crippen LogP contribution in [0.1, 0.15) is 25.7 Å². The van der Waals surface area contributed by atoms with Gasteiger partial charge in [-0.3, -0.25) is 0 Å². The first-order valence-electron chi connectivity index (χ1n) is 4.68. The van der Waals surface area contributed by atoms with Crippen LogP contribution < -0.4 is 0 Å². The lowest BCUT2D eigenvalue weighted by Crippen LogP contribution is -2.06. The van der Waals surface area contributed by atoms with Crippen LogP contribution in [-0.2, 0) is 0 Å². The van der Waals surface area contributed by atoms with Crippen molar-refractivity contribution >= 4 is 6.16 Å². The van der Waals surface area contributed by atoms with Crippen molar-refractivity contribution in [2.75, 3.05) is 0 Å². The largest absolute Gasteiger partial charge is 0.503 e. The van der Waals surface area contributed by atoms with Crippen molar-refractivity contribution in [1.29, 1.82) is 0 Å². The molecule has 3 unspecified atom stereocenters. The minimum Gasteiger partial charge on any atom is -0.450 e. The van der Waals surface area contributed by atoms with Gasteiger partial charge in [-0.15, -0.1) is 6.58 Å². The summed E-state index contributed by atoms with van der Waals surface area (Å²) in [6, 6.07) is 0. The zero-order valence-electron chi connectivity index (χ0n) is 7.65. The van der Waals surface area contributed by atoms with E-state index < -0.39 is 6.16 Å². The zero-order chi connectivity index (χ0) is 9.84. The monoisotopic (exact) mass is 184 g/mol. The van der Waals surface area contributed by atoms with Crippen molar-refractivity contribution in [2.24, 2.45) is 17.8 Å². The molecule has 0 saturated heterocycles.